The normalized spacial score (nSPS) is 30.4. The highest BCUT2D eigenvalue weighted by atomic mass is 16.4. The summed E-state index contributed by atoms with van der Waals surface area (Å²) in [7, 11) is 0. The topological polar surface area (TPSA) is 78.6 Å². The number of nitrogens with zero attached hydrogens (tertiary/aromatic N) is 1. The van der Waals surface area contributed by atoms with Crippen molar-refractivity contribution in [2.24, 2.45) is 11.8 Å². The van der Waals surface area contributed by atoms with Crippen LogP contribution in [-0.4, -0.2) is 35.7 Å². The fourth-order valence-electron chi connectivity index (χ4n) is 3.24. The molecule has 0 aromatic heterocycles. The molecule has 0 saturated carbocycles. The number of carboxylic acid groups (broad SMARTS) is 1. The highest BCUT2D eigenvalue weighted by Gasteiger charge is 2.46. The van der Waals surface area contributed by atoms with E-state index in [1.807, 2.05) is 24.3 Å². The molecule has 5 heteroatoms. The fourth-order valence-corrected chi connectivity index (χ4v) is 3.24. The van der Waals surface area contributed by atoms with E-state index in [1.54, 1.807) is 4.90 Å². The van der Waals surface area contributed by atoms with Crippen LogP contribution in [0.4, 0.5) is 10.5 Å². The first-order valence-corrected chi connectivity index (χ1v) is 6.22. The molecular weight excluding hydrogens is 230 g/mol. The minimum atomic E-state index is -0.828. The number of amides is 1. The molecule has 2 heterocycles. The van der Waals surface area contributed by atoms with Crippen LogP contribution in [0.15, 0.2) is 24.3 Å². The molecule has 0 aliphatic carbocycles. The number of hydrogen-bond donors (Lipinski definition) is 3. The van der Waals surface area contributed by atoms with E-state index in [9.17, 15) is 9.90 Å². The molecule has 18 heavy (non-hydrogen) atoms. The summed E-state index contributed by atoms with van der Waals surface area (Å²) >= 11 is 0. The van der Waals surface area contributed by atoms with Gasteiger partial charge in [0.25, 0.3) is 0 Å². The van der Waals surface area contributed by atoms with E-state index in [0.29, 0.717) is 24.1 Å². The molecule has 0 spiro atoms. The Morgan fingerprint density at radius 3 is 2.72 bits per heavy atom. The van der Waals surface area contributed by atoms with Gasteiger partial charge in [-0.05, 0) is 23.6 Å². The zero-order chi connectivity index (χ0) is 12.7. The maximum absolute atomic E-state index is 11.4. The zero-order valence-electron chi connectivity index (χ0n) is 10.0. The quantitative estimate of drug-likeness (QED) is 0.650. The number of rotatable bonds is 1. The highest BCUT2D eigenvalue weighted by Crippen LogP contribution is 2.42. The van der Waals surface area contributed by atoms with Crippen molar-refractivity contribution in [3.05, 3.63) is 29.8 Å². The van der Waals surface area contributed by atoms with E-state index in [1.165, 1.54) is 0 Å². The van der Waals surface area contributed by atoms with Gasteiger partial charge in [-0.2, -0.15) is 0 Å². The monoisotopic (exact) mass is 247 g/mol. The van der Waals surface area contributed by atoms with Crippen LogP contribution in [0.25, 0.3) is 0 Å². The molecule has 1 amide bonds. The van der Waals surface area contributed by atoms with Crippen molar-refractivity contribution >= 4 is 11.8 Å². The SMILES string of the molecule is Nc1ccc(C2C3CNCC3CN2C(=O)O)cc1. The summed E-state index contributed by atoms with van der Waals surface area (Å²) in [6.45, 7) is 2.44. The third kappa shape index (κ3) is 1.71. The molecule has 1 aromatic carbocycles. The Morgan fingerprint density at radius 1 is 1.33 bits per heavy atom. The van der Waals surface area contributed by atoms with Crippen LogP contribution >= 0.6 is 0 Å². The highest BCUT2D eigenvalue weighted by molar-refractivity contribution is 5.66. The van der Waals surface area contributed by atoms with E-state index >= 15 is 0 Å². The predicted octanol–water partition coefficient (Wildman–Crippen LogP) is 1.14. The number of benzene rings is 1. The van der Waals surface area contributed by atoms with Gasteiger partial charge in [0.2, 0.25) is 0 Å². The van der Waals surface area contributed by atoms with E-state index in [2.05, 4.69) is 5.32 Å². The lowest BCUT2D eigenvalue weighted by Gasteiger charge is -2.25. The third-order valence-corrected chi connectivity index (χ3v) is 4.09. The minimum Gasteiger partial charge on any atom is -0.465 e. The van der Waals surface area contributed by atoms with Gasteiger partial charge in [-0.25, -0.2) is 4.79 Å². The number of likely N-dealkylation sites (tertiary alicyclic amines) is 1. The summed E-state index contributed by atoms with van der Waals surface area (Å²) in [5.41, 5.74) is 7.44. The molecule has 1 aromatic rings. The van der Waals surface area contributed by atoms with Crippen LogP contribution < -0.4 is 11.1 Å². The second kappa shape index (κ2) is 4.17. The summed E-state index contributed by atoms with van der Waals surface area (Å²) in [5.74, 6) is 0.813. The average molecular weight is 247 g/mol. The van der Waals surface area contributed by atoms with E-state index in [0.717, 1.165) is 18.7 Å². The number of anilines is 1. The van der Waals surface area contributed by atoms with Crippen molar-refractivity contribution < 1.29 is 9.90 Å². The molecule has 3 unspecified atom stereocenters. The summed E-state index contributed by atoms with van der Waals surface area (Å²) in [5, 5.41) is 12.7. The Labute approximate surface area is 106 Å². The minimum absolute atomic E-state index is 0.0388. The second-order valence-electron chi connectivity index (χ2n) is 5.13. The lowest BCUT2D eigenvalue weighted by atomic mass is 9.89. The van der Waals surface area contributed by atoms with Crippen molar-refractivity contribution in [1.82, 2.24) is 10.2 Å². The number of nitrogens with two attached hydrogens (primary N) is 1. The Bertz CT molecular complexity index is 460. The van der Waals surface area contributed by atoms with Gasteiger partial charge >= 0.3 is 6.09 Å². The van der Waals surface area contributed by atoms with Crippen LogP contribution in [0.2, 0.25) is 0 Å². The molecule has 2 saturated heterocycles. The molecule has 2 aliphatic rings. The van der Waals surface area contributed by atoms with E-state index in [-0.39, 0.29) is 6.04 Å². The van der Waals surface area contributed by atoms with Crippen molar-refractivity contribution in [2.45, 2.75) is 6.04 Å². The first kappa shape index (κ1) is 11.3. The smallest absolute Gasteiger partial charge is 0.407 e. The lowest BCUT2D eigenvalue weighted by Crippen LogP contribution is -2.33. The van der Waals surface area contributed by atoms with Gasteiger partial charge in [-0.1, -0.05) is 12.1 Å². The Hall–Kier alpha value is -1.75. The molecule has 5 nitrogen and oxygen atoms in total. The number of nitrogen functional groups attached to an aromatic ring is 1. The molecule has 2 aliphatic heterocycles. The number of nitrogens with one attached hydrogen (secondary N) is 1. The van der Waals surface area contributed by atoms with Crippen molar-refractivity contribution in [1.29, 1.82) is 0 Å². The Morgan fingerprint density at radius 2 is 2.06 bits per heavy atom. The molecular formula is C13H17N3O2. The Kier molecular flexibility index (Phi) is 2.63. The number of fused-ring (bicyclic) bond motifs is 1. The number of carbonyl (C=O) groups is 1. The first-order valence-electron chi connectivity index (χ1n) is 6.22. The molecule has 4 N–H and O–H groups in total. The van der Waals surface area contributed by atoms with Gasteiger partial charge in [-0.3, -0.25) is 0 Å². The van der Waals surface area contributed by atoms with Crippen molar-refractivity contribution in [3.8, 4) is 0 Å². The first-order chi connectivity index (χ1) is 8.66. The standard InChI is InChI=1S/C13H17N3O2/c14-10-3-1-8(2-4-10)12-11-6-15-5-9(11)7-16(12)13(17)18/h1-4,9,11-12,15H,5-7,14H2,(H,17,18). The molecule has 2 fully saturated rings. The van der Waals surface area contributed by atoms with Gasteiger partial charge in [-0.15, -0.1) is 0 Å². The molecule has 3 rings (SSSR count). The summed E-state index contributed by atoms with van der Waals surface area (Å²) in [6, 6.07) is 7.52. The Balaban J connectivity index is 1.95. The maximum Gasteiger partial charge on any atom is 0.407 e. The molecule has 0 radical (unpaired) electrons. The van der Waals surface area contributed by atoms with Crippen LogP contribution in [0.3, 0.4) is 0 Å². The molecule has 0 bridgehead atoms. The largest absolute Gasteiger partial charge is 0.465 e. The summed E-state index contributed by atoms with van der Waals surface area (Å²) < 4.78 is 0. The zero-order valence-corrected chi connectivity index (χ0v) is 10.0. The van der Waals surface area contributed by atoms with E-state index in [4.69, 9.17) is 5.73 Å². The van der Waals surface area contributed by atoms with E-state index < -0.39 is 6.09 Å². The lowest BCUT2D eigenvalue weighted by molar-refractivity contribution is 0.134. The second-order valence-corrected chi connectivity index (χ2v) is 5.13. The van der Waals surface area contributed by atoms with Crippen LogP contribution in [0, 0.1) is 11.8 Å². The van der Waals surface area contributed by atoms with Gasteiger partial charge in [0, 0.05) is 31.2 Å². The van der Waals surface area contributed by atoms with Crippen LogP contribution in [0.5, 0.6) is 0 Å². The fraction of sp³-hybridized carbons (Fsp3) is 0.462. The van der Waals surface area contributed by atoms with Gasteiger partial charge < -0.3 is 21.1 Å². The molecule has 3 atom stereocenters. The van der Waals surface area contributed by atoms with Gasteiger partial charge in [0.05, 0.1) is 6.04 Å². The third-order valence-electron chi connectivity index (χ3n) is 4.09. The van der Waals surface area contributed by atoms with Gasteiger partial charge in [0.1, 0.15) is 0 Å². The van der Waals surface area contributed by atoms with Crippen molar-refractivity contribution in [3.63, 3.8) is 0 Å². The average Bonchev–Trinajstić information content (AvgIpc) is 2.90. The number of hydrogen-bond acceptors (Lipinski definition) is 3. The predicted molar refractivity (Wildman–Crippen MR) is 68.2 cm³/mol. The van der Waals surface area contributed by atoms with Crippen molar-refractivity contribution in [2.75, 3.05) is 25.4 Å². The van der Waals surface area contributed by atoms with Crippen LogP contribution in [0.1, 0.15) is 11.6 Å². The van der Waals surface area contributed by atoms with Crippen LogP contribution in [-0.2, 0) is 0 Å². The maximum atomic E-state index is 11.4. The molecule has 96 valence electrons. The van der Waals surface area contributed by atoms with Gasteiger partial charge in [0.15, 0.2) is 0 Å². The summed E-state index contributed by atoms with van der Waals surface area (Å²) in [4.78, 5) is 12.9. The summed E-state index contributed by atoms with van der Waals surface area (Å²) in [6.07, 6.45) is -0.828.